The Balaban J connectivity index is 2.14. The molecule has 1 heterocycles. The minimum Gasteiger partial charge on any atom is -0.371 e. The molecule has 0 saturated carbocycles. The summed E-state index contributed by atoms with van der Waals surface area (Å²) >= 11 is 5.96. The number of halogens is 1. The number of anilines is 2. The van der Waals surface area contributed by atoms with Crippen LogP contribution in [0.1, 0.15) is 29.9 Å². The maximum absolute atomic E-state index is 12.3. The summed E-state index contributed by atoms with van der Waals surface area (Å²) in [6.07, 6.45) is 1.73. The number of pyridine rings is 1. The molecule has 1 N–H and O–H groups in total. The van der Waals surface area contributed by atoms with Crippen LogP contribution in [-0.4, -0.2) is 24.0 Å². The molecule has 0 spiro atoms. The third-order valence-electron chi connectivity index (χ3n) is 3.56. The zero-order valence-corrected chi connectivity index (χ0v) is 13.8. The molecular weight excluding hydrogens is 298 g/mol. The van der Waals surface area contributed by atoms with E-state index < -0.39 is 0 Å². The van der Waals surface area contributed by atoms with Crippen molar-refractivity contribution in [2.75, 3.05) is 23.3 Å². The molecule has 0 aliphatic heterocycles. The molecule has 2 aromatic rings. The van der Waals surface area contributed by atoms with Crippen LogP contribution in [0.2, 0.25) is 5.02 Å². The van der Waals surface area contributed by atoms with Crippen LogP contribution >= 0.6 is 11.6 Å². The smallest absolute Gasteiger partial charge is 0.274 e. The van der Waals surface area contributed by atoms with Crippen LogP contribution in [0.25, 0.3) is 0 Å². The normalized spacial score (nSPS) is 10.4. The third-order valence-corrected chi connectivity index (χ3v) is 3.79. The Labute approximate surface area is 136 Å². The van der Waals surface area contributed by atoms with Crippen molar-refractivity contribution >= 4 is 28.9 Å². The van der Waals surface area contributed by atoms with E-state index in [2.05, 4.69) is 29.0 Å². The van der Waals surface area contributed by atoms with E-state index in [4.69, 9.17) is 11.6 Å². The van der Waals surface area contributed by atoms with E-state index in [1.807, 2.05) is 19.1 Å². The second-order valence-electron chi connectivity index (χ2n) is 4.99. The van der Waals surface area contributed by atoms with Crippen molar-refractivity contribution in [1.29, 1.82) is 0 Å². The summed E-state index contributed by atoms with van der Waals surface area (Å²) in [7, 11) is 0. The number of nitrogens with one attached hydrogen (secondary N) is 1. The van der Waals surface area contributed by atoms with Crippen molar-refractivity contribution in [3.05, 3.63) is 52.8 Å². The number of carbonyl (C=O) groups is 1. The molecule has 4 nitrogen and oxygen atoms in total. The first-order chi connectivity index (χ1) is 10.5. The van der Waals surface area contributed by atoms with Gasteiger partial charge in [-0.2, -0.15) is 0 Å². The van der Waals surface area contributed by atoms with Gasteiger partial charge in [-0.3, -0.25) is 4.79 Å². The van der Waals surface area contributed by atoms with Gasteiger partial charge in [0.1, 0.15) is 5.69 Å². The average Bonchev–Trinajstić information content (AvgIpc) is 2.53. The summed E-state index contributed by atoms with van der Waals surface area (Å²) in [6, 6.07) is 9.06. The Kier molecular flexibility index (Phi) is 5.39. The average molecular weight is 318 g/mol. The lowest BCUT2D eigenvalue weighted by atomic mass is 10.2. The molecule has 0 radical (unpaired) electrons. The van der Waals surface area contributed by atoms with Crippen molar-refractivity contribution in [2.45, 2.75) is 20.8 Å². The third kappa shape index (κ3) is 3.77. The van der Waals surface area contributed by atoms with E-state index in [1.165, 1.54) is 0 Å². The van der Waals surface area contributed by atoms with Gasteiger partial charge in [-0.05, 0) is 50.6 Å². The van der Waals surface area contributed by atoms with Crippen LogP contribution in [0.15, 0.2) is 36.5 Å². The molecule has 5 heteroatoms. The molecule has 0 unspecified atom stereocenters. The molecule has 22 heavy (non-hydrogen) atoms. The fraction of sp³-hybridized carbons (Fsp3) is 0.294. The molecule has 1 aromatic heterocycles. The van der Waals surface area contributed by atoms with E-state index in [0.29, 0.717) is 16.4 Å². The molecule has 0 atom stereocenters. The van der Waals surface area contributed by atoms with Gasteiger partial charge in [0, 0.05) is 23.8 Å². The molecule has 0 fully saturated rings. The first-order valence-electron chi connectivity index (χ1n) is 7.33. The fourth-order valence-electron chi connectivity index (χ4n) is 2.21. The highest BCUT2D eigenvalue weighted by atomic mass is 35.5. The Morgan fingerprint density at radius 2 is 1.95 bits per heavy atom. The van der Waals surface area contributed by atoms with Crippen LogP contribution in [0.5, 0.6) is 0 Å². The second kappa shape index (κ2) is 7.27. The Bertz CT molecular complexity index is 651. The highest BCUT2D eigenvalue weighted by Crippen LogP contribution is 2.21. The topological polar surface area (TPSA) is 45.2 Å². The summed E-state index contributed by atoms with van der Waals surface area (Å²) in [5.74, 6) is -0.239. The van der Waals surface area contributed by atoms with Gasteiger partial charge in [0.2, 0.25) is 0 Å². The molecule has 0 saturated heterocycles. The zero-order valence-electron chi connectivity index (χ0n) is 13.1. The number of hydrogen-bond acceptors (Lipinski definition) is 3. The van der Waals surface area contributed by atoms with Gasteiger partial charge in [-0.25, -0.2) is 4.98 Å². The number of carbonyl (C=O) groups excluding carboxylic acids is 1. The highest BCUT2D eigenvalue weighted by Gasteiger charge is 2.10. The quantitative estimate of drug-likeness (QED) is 0.901. The van der Waals surface area contributed by atoms with Gasteiger partial charge in [0.25, 0.3) is 5.91 Å². The Hall–Kier alpha value is -2.07. The van der Waals surface area contributed by atoms with Crippen molar-refractivity contribution in [1.82, 2.24) is 4.98 Å². The van der Waals surface area contributed by atoms with E-state index in [0.717, 1.165) is 24.3 Å². The molecular formula is C17H20ClN3O. The first-order valence-corrected chi connectivity index (χ1v) is 7.71. The van der Waals surface area contributed by atoms with Gasteiger partial charge < -0.3 is 10.2 Å². The van der Waals surface area contributed by atoms with Gasteiger partial charge >= 0.3 is 0 Å². The van der Waals surface area contributed by atoms with Crippen LogP contribution in [0.3, 0.4) is 0 Å². The monoisotopic (exact) mass is 317 g/mol. The predicted octanol–water partition coefficient (Wildman–Crippen LogP) is 4.14. The lowest BCUT2D eigenvalue weighted by molar-refractivity contribution is 0.102. The number of aryl methyl sites for hydroxylation is 1. The minimum atomic E-state index is -0.239. The summed E-state index contributed by atoms with van der Waals surface area (Å²) in [6.45, 7) is 7.91. The van der Waals surface area contributed by atoms with E-state index in [9.17, 15) is 4.79 Å². The SMILES string of the molecule is CCN(CC)c1ccc(C(=O)Nc2cc(Cl)ccc2C)nc1. The zero-order chi connectivity index (χ0) is 16.1. The standard InChI is InChI=1S/C17H20ClN3O/c1-4-21(5-2)14-8-9-15(19-11-14)17(22)20-16-10-13(18)7-6-12(16)3/h6-11H,4-5H2,1-3H3,(H,20,22). The molecule has 1 amide bonds. The van der Waals surface area contributed by atoms with E-state index >= 15 is 0 Å². The number of rotatable bonds is 5. The summed E-state index contributed by atoms with van der Waals surface area (Å²) in [4.78, 5) is 18.7. The molecule has 0 aliphatic rings. The summed E-state index contributed by atoms with van der Waals surface area (Å²) in [5.41, 5.74) is 3.06. The maximum Gasteiger partial charge on any atom is 0.274 e. The van der Waals surface area contributed by atoms with Gasteiger partial charge in [0.15, 0.2) is 0 Å². The Morgan fingerprint density at radius 3 is 2.55 bits per heavy atom. The van der Waals surface area contributed by atoms with E-state index in [1.54, 1.807) is 24.4 Å². The fourth-order valence-corrected chi connectivity index (χ4v) is 2.38. The van der Waals surface area contributed by atoms with Crippen molar-refractivity contribution in [2.24, 2.45) is 0 Å². The molecule has 0 aliphatic carbocycles. The largest absolute Gasteiger partial charge is 0.371 e. The minimum absolute atomic E-state index is 0.239. The van der Waals surface area contributed by atoms with E-state index in [-0.39, 0.29) is 5.91 Å². The predicted molar refractivity (Wildman–Crippen MR) is 91.9 cm³/mol. The molecule has 2 rings (SSSR count). The second-order valence-corrected chi connectivity index (χ2v) is 5.42. The van der Waals surface area contributed by atoms with Crippen molar-refractivity contribution < 1.29 is 4.79 Å². The molecule has 0 bridgehead atoms. The van der Waals surface area contributed by atoms with Crippen molar-refractivity contribution in [3.8, 4) is 0 Å². The van der Waals surface area contributed by atoms with Crippen LogP contribution < -0.4 is 10.2 Å². The summed E-state index contributed by atoms with van der Waals surface area (Å²) < 4.78 is 0. The van der Waals surface area contributed by atoms with Crippen LogP contribution in [0, 0.1) is 6.92 Å². The lowest BCUT2D eigenvalue weighted by Crippen LogP contribution is -2.22. The van der Waals surface area contributed by atoms with Gasteiger partial charge in [0.05, 0.1) is 11.9 Å². The first kappa shape index (κ1) is 16.3. The number of nitrogens with zero attached hydrogens (tertiary/aromatic N) is 2. The van der Waals surface area contributed by atoms with Crippen molar-refractivity contribution in [3.63, 3.8) is 0 Å². The van der Waals surface area contributed by atoms with Gasteiger partial charge in [-0.1, -0.05) is 17.7 Å². The highest BCUT2D eigenvalue weighted by molar-refractivity contribution is 6.31. The van der Waals surface area contributed by atoms with Gasteiger partial charge in [-0.15, -0.1) is 0 Å². The number of amides is 1. The maximum atomic E-state index is 12.3. The number of benzene rings is 1. The lowest BCUT2D eigenvalue weighted by Gasteiger charge is -2.20. The molecule has 116 valence electrons. The van der Waals surface area contributed by atoms with Crippen LogP contribution in [0.4, 0.5) is 11.4 Å². The number of hydrogen-bond donors (Lipinski definition) is 1. The molecule has 1 aromatic carbocycles. The Morgan fingerprint density at radius 1 is 1.23 bits per heavy atom. The number of aromatic nitrogens is 1. The summed E-state index contributed by atoms with van der Waals surface area (Å²) in [5, 5.41) is 3.43. The van der Waals surface area contributed by atoms with Crippen LogP contribution in [-0.2, 0) is 0 Å².